The summed E-state index contributed by atoms with van der Waals surface area (Å²) in [5, 5.41) is 0. The molecule has 0 saturated carbocycles. The summed E-state index contributed by atoms with van der Waals surface area (Å²) >= 11 is -2.00. The average Bonchev–Trinajstić information content (AvgIpc) is 2.63. The predicted octanol–water partition coefficient (Wildman–Crippen LogP) is 7.57. The van der Waals surface area contributed by atoms with Gasteiger partial charge < -0.3 is 0 Å². The van der Waals surface area contributed by atoms with Crippen molar-refractivity contribution in [3.8, 4) is 0 Å². The second-order valence-corrected chi connectivity index (χ2v) is 21.2. The van der Waals surface area contributed by atoms with E-state index in [4.69, 9.17) is 4.74 Å². The summed E-state index contributed by atoms with van der Waals surface area (Å²) < 4.78 is 11.9. The van der Waals surface area contributed by atoms with Crippen LogP contribution in [0.15, 0.2) is 42.7 Å². The Morgan fingerprint density at radius 1 is 0.833 bits per heavy atom. The number of hydrogen-bond acceptors (Lipinski definition) is 1. The Bertz CT molecular complexity index is 405. The van der Waals surface area contributed by atoms with Crippen molar-refractivity contribution in [2.24, 2.45) is 0 Å². The van der Waals surface area contributed by atoms with Gasteiger partial charge in [-0.3, -0.25) is 0 Å². The fraction of sp³-hybridized carbons (Fsp3) is 0.636. The molecule has 0 N–H and O–H groups in total. The van der Waals surface area contributed by atoms with Gasteiger partial charge in [-0.25, -0.2) is 0 Å². The van der Waals surface area contributed by atoms with E-state index in [0.29, 0.717) is 6.61 Å². The van der Waals surface area contributed by atoms with Gasteiger partial charge in [0.25, 0.3) is 0 Å². The summed E-state index contributed by atoms with van der Waals surface area (Å²) in [6.45, 7) is 7.72. The molecule has 136 valence electrons. The van der Waals surface area contributed by atoms with Crippen molar-refractivity contribution in [1.82, 2.24) is 0 Å². The van der Waals surface area contributed by atoms with Gasteiger partial charge >= 0.3 is 155 Å². The normalized spacial score (nSPS) is 12.0. The van der Waals surface area contributed by atoms with E-state index >= 15 is 0 Å². The molecule has 0 aliphatic heterocycles. The van der Waals surface area contributed by atoms with Gasteiger partial charge in [-0.2, -0.15) is 0 Å². The van der Waals surface area contributed by atoms with Gasteiger partial charge in [-0.15, -0.1) is 0 Å². The van der Waals surface area contributed by atoms with Crippen LogP contribution in [0, 0.1) is 0 Å². The van der Waals surface area contributed by atoms with Gasteiger partial charge in [0.05, 0.1) is 0 Å². The standard InChI is InChI=1S/C10H11O.3C4H9.Sn/c1-2-8-11-9-10-6-4-3-5-7-10;3*1-3-4-2;/h2-8H,1,9H2;3*1,3-4H2,2H3;/b8-2-;;;;. The molecule has 0 aromatic heterocycles. The van der Waals surface area contributed by atoms with Crippen molar-refractivity contribution in [3.05, 3.63) is 48.2 Å². The van der Waals surface area contributed by atoms with E-state index in [9.17, 15) is 0 Å². The molecule has 0 atom stereocenters. The average molecular weight is 437 g/mol. The topological polar surface area (TPSA) is 9.23 Å². The quantitative estimate of drug-likeness (QED) is 0.216. The van der Waals surface area contributed by atoms with Gasteiger partial charge in [0.15, 0.2) is 0 Å². The van der Waals surface area contributed by atoms with Gasteiger partial charge in [0, 0.05) is 0 Å². The van der Waals surface area contributed by atoms with Crippen LogP contribution in [0.1, 0.15) is 64.9 Å². The van der Waals surface area contributed by atoms with Crippen LogP contribution in [0.4, 0.5) is 0 Å². The molecular weight excluding hydrogens is 399 g/mol. The number of rotatable bonds is 14. The van der Waals surface area contributed by atoms with Crippen molar-refractivity contribution in [2.45, 2.75) is 83.6 Å². The Hall–Kier alpha value is -0.441. The van der Waals surface area contributed by atoms with E-state index in [-0.39, 0.29) is 0 Å². The fourth-order valence-electron chi connectivity index (χ4n) is 3.42. The third-order valence-electron chi connectivity index (χ3n) is 5.02. The summed E-state index contributed by atoms with van der Waals surface area (Å²) in [5.74, 6) is 0. The van der Waals surface area contributed by atoms with E-state index in [1.807, 2.05) is 6.26 Å². The van der Waals surface area contributed by atoms with Crippen molar-refractivity contribution in [3.63, 3.8) is 0 Å². The van der Waals surface area contributed by atoms with Crippen LogP contribution in [0.3, 0.4) is 0 Å². The zero-order chi connectivity index (χ0) is 17.5. The SMILES string of the molecule is CCC[CH2][Sn]([CH2]/C=C\OCc1ccccc1)([CH2]CCC)[CH2]CCC. The molecular formula is C22H38OSn. The summed E-state index contributed by atoms with van der Waals surface area (Å²) in [6.07, 6.45) is 12.8. The first-order chi connectivity index (χ1) is 11.8. The van der Waals surface area contributed by atoms with E-state index in [0.717, 1.165) is 0 Å². The van der Waals surface area contributed by atoms with Crippen molar-refractivity contribution in [1.29, 1.82) is 0 Å². The maximum absolute atomic E-state index is 5.78. The molecule has 0 unspecified atom stereocenters. The number of hydrogen-bond donors (Lipinski definition) is 0. The van der Waals surface area contributed by atoms with Crippen LogP contribution in [0.2, 0.25) is 17.7 Å². The Labute approximate surface area is 154 Å². The van der Waals surface area contributed by atoms with Gasteiger partial charge in [-0.05, 0) is 0 Å². The minimum atomic E-state index is -2.00. The molecule has 0 radical (unpaired) electrons. The molecule has 0 spiro atoms. The zero-order valence-electron chi connectivity index (χ0n) is 16.2. The summed E-state index contributed by atoms with van der Waals surface area (Å²) in [7, 11) is 0. The van der Waals surface area contributed by atoms with Crippen molar-refractivity contribution >= 4 is 18.4 Å². The first-order valence-corrected chi connectivity index (χ1v) is 18.1. The first-order valence-electron chi connectivity index (χ1n) is 10.1. The van der Waals surface area contributed by atoms with Crippen LogP contribution in [0.5, 0.6) is 0 Å². The molecule has 0 aliphatic rings. The summed E-state index contributed by atoms with van der Waals surface area (Å²) in [6, 6.07) is 10.5. The van der Waals surface area contributed by atoms with Crippen LogP contribution < -0.4 is 0 Å². The van der Waals surface area contributed by atoms with Crippen molar-refractivity contribution < 1.29 is 4.74 Å². The van der Waals surface area contributed by atoms with Crippen molar-refractivity contribution in [2.75, 3.05) is 0 Å². The predicted molar refractivity (Wildman–Crippen MR) is 110 cm³/mol. The molecule has 1 rings (SSSR count). The zero-order valence-corrected chi connectivity index (χ0v) is 19.1. The maximum atomic E-state index is 5.78. The number of unbranched alkanes of at least 4 members (excludes halogenated alkanes) is 3. The third kappa shape index (κ3) is 9.15. The summed E-state index contributed by atoms with van der Waals surface area (Å²) in [5.41, 5.74) is 1.25. The van der Waals surface area contributed by atoms with E-state index in [1.54, 1.807) is 13.3 Å². The van der Waals surface area contributed by atoms with Crippen LogP contribution in [0.25, 0.3) is 0 Å². The van der Waals surface area contributed by atoms with E-state index in [2.05, 4.69) is 57.2 Å². The monoisotopic (exact) mass is 438 g/mol. The number of ether oxygens (including phenoxy) is 1. The molecule has 1 aromatic rings. The Balaban J connectivity index is 2.55. The van der Waals surface area contributed by atoms with Gasteiger partial charge in [0.1, 0.15) is 0 Å². The molecule has 1 nitrogen and oxygen atoms in total. The molecule has 0 amide bonds. The minimum absolute atomic E-state index is 0.693. The number of benzene rings is 1. The Morgan fingerprint density at radius 3 is 1.88 bits per heavy atom. The molecule has 0 heterocycles. The fourth-order valence-corrected chi connectivity index (χ4v) is 18.5. The molecule has 0 aliphatic carbocycles. The number of allylic oxidation sites excluding steroid dienone is 1. The Morgan fingerprint density at radius 2 is 1.38 bits per heavy atom. The van der Waals surface area contributed by atoms with Crippen LogP contribution in [-0.4, -0.2) is 18.4 Å². The third-order valence-corrected chi connectivity index (χ3v) is 20.3. The second-order valence-electron chi connectivity index (χ2n) is 7.18. The molecule has 2 heteroatoms. The van der Waals surface area contributed by atoms with Gasteiger partial charge in [-0.1, -0.05) is 0 Å². The molecule has 24 heavy (non-hydrogen) atoms. The van der Waals surface area contributed by atoms with Crippen LogP contribution >= 0.6 is 0 Å². The Kier molecular flexibility index (Phi) is 12.4. The second kappa shape index (κ2) is 13.8. The van der Waals surface area contributed by atoms with E-state index < -0.39 is 18.4 Å². The molecule has 1 aromatic carbocycles. The molecule has 0 fully saturated rings. The molecule has 0 saturated heterocycles. The van der Waals surface area contributed by atoms with E-state index in [1.165, 1.54) is 48.5 Å². The van der Waals surface area contributed by atoms with Gasteiger partial charge in [0.2, 0.25) is 0 Å². The first kappa shape index (κ1) is 21.6. The molecule has 0 bridgehead atoms. The van der Waals surface area contributed by atoms with Crippen LogP contribution in [-0.2, 0) is 11.3 Å². The summed E-state index contributed by atoms with van der Waals surface area (Å²) in [4.78, 5) is 0.